The van der Waals surface area contributed by atoms with Crippen molar-refractivity contribution in [3.8, 4) is 0 Å². The van der Waals surface area contributed by atoms with E-state index in [9.17, 15) is 4.79 Å². The van der Waals surface area contributed by atoms with Gasteiger partial charge in [-0.3, -0.25) is 4.79 Å². The molecule has 0 heterocycles. The van der Waals surface area contributed by atoms with Crippen molar-refractivity contribution < 1.29 is 9.53 Å². The number of carbonyl (C=O) groups is 1. The van der Waals surface area contributed by atoms with E-state index in [0.29, 0.717) is 24.9 Å². The van der Waals surface area contributed by atoms with Crippen molar-refractivity contribution in [2.24, 2.45) is 11.8 Å². The van der Waals surface area contributed by atoms with Gasteiger partial charge in [0.15, 0.2) is 0 Å². The summed E-state index contributed by atoms with van der Waals surface area (Å²) in [6.07, 6.45) is 3.61. The van der Waals surface area contributed by atoms with Crippen LogP contribution in [0.2, 0.25) is 0 Å². The highest BCUT2D eigenvalue weighted by Gasteiger charge is 2.12. The van der Waals surface area contributed by atoms with Gasteiger partial charge in [-0.05, 0) is 18.3 Å². The first-order valence-corrected chi connectivity index (χ1v) is 4.77. The van der Waals surface area contributed by atoms with Crippen molar-refractivity contribution in [2.45, 2.75) is 40.0 Å². The number of hydrogen-bond acceptors (Lipinski definition) is 2. The zero-order valence-electron chi connectivity index (χ0n) is 8.38. The summed E-state index contributed by atoms with van der Waals surface area (Å²) < 4.78 is 4.77. The summed E-state index contributed by atoms with van der Waals surface area (Å²) in [5, 5.41) is 0. The van der Waals surface area contributed by atoms with Gasteiger partial charge in [0.25, 0.3) is 6.47 Å². The molecular formula is C10H20O2. The van der Waals surface area contributed by atoms with Crippen molar-refractivity contribution in [1.29, 1.82) is 0 Å². The van der Waals surface area contributed by atoms with E-state index in [1.165, 1.54) is 19.3 Å². The van der Waals surface area contributed by atoms with E-state index in [4.69, 9.17) is 4.74 Å². The fourth-order valence-corrected chi connectivity index (χ4v) is 1.24. The molecule has 2 heteroatoms. The Bertz CT molecular complexity index is 110. The Morgan fingerprint density at radius 1 is 1.42 bits per heavy atom. The molecule has 0 rings (SSSR count). The molecule has 0 fully saturated rings. The number of ether oxygens (including phenoxy) is 1. The van der Waals surface area contributed by atoms with Crippen LogP contribution in [0.3, 0.4) is 0 Å². The van der Waals surface area contributed by atoms with Gasteiger partial charge in [-0.15, -0.1) is 0 Å². The topological polar surface area (TPSA) is 26.3 Å². The van der Waals surface area contributed by atoms with Crippen molar-refractivity contribution in [2.75, 3.05) is 6.61 Å². The molecule has 0 spiro atoms. The summed E-state index contributed by atoms with van der Waals surface area (Å²) in [4.78, 5) is 9.98. The first-order valence-electron chi connectivity index (χ1n) is 4.77. The van der Waals surface area contributed by atoms with Crippen molar-refractivity contribution in [3.05, 3.63) is 0 Å². The summed E-state index contributed by atoms with van der Waals surface area (Å²) in [5.74, 6) is 1.15. The summed E-state index contributed by atoms with van der Waals surface area (Å²) in [6.45, 7) is 7.66. The zero-order chi connectivity index (χ0) is 9.40. The predicted octanol–water partition coefficient (Wildman–Crippen LogP) is 2.62. The summed E-state index contributed by atoms with van der Waals surface area (Å²) in [7, 11) is 0. The minimum atomic E-state index is 0.537. The molecule has 0 aliphatic heterocycles. The van der Waals surface area contributed by atoms with Gasteiger partial charge in [0.1, 0.15) is 0 Å². The van der Waals surface area contributed by atoms with E-state index in [1.807, 2.05) is 0 Å². The molecular weight excluding hydrogens is 152 g/mol. The lowest BCUT2D eigenvalue weighted by Gasteiger charge is -2.18. The molecule has 2 nitrogen and oxygen atoms in total. The first kappa shape index (κ1) is 11.5. The third kappa shape index (κ3) is 5.16. The Morgan fingerprint density at radius 3 is 2.50 bits per heavy atom. The Labute approximate surface area is 75.3 Å². The van der Waals surface area contributed by atoms with E-state index < -0.39 is 0 Å². The largest absolute Gasteiger partial charge is 0.468 e. The quantitative estimate of drug-likeness (QED) is 0.552. The number of carbonyl (C=O) groups excluding carboxylic acids is 1. The van der Waals surface area contributed by atoms with Gasteiger partial charge >= 0.3 is 0 Å². The van der Waals surface area contributed by atoms with Gasteiger partial charge in [-0.25, -0.2) is 0 Å². The van der Waals surface area contributed by atoms with Crippen molar-refractivity contribution in [1.82, 2.24) is 0 Å². The van der Waals surface area contributed by atoms with Gasteiger partial charge in [-0.2, -0.15) is 0 Å². The number of unbranched alkanes of at least 4 members (excludes halogenated alkanes) is 1. The average molecular weight is 172 g/mol. The van der Waals surface area contributed by atoms with Gasteiger partial charge in [-0.1, -0.05) is 33.6 Å². The SMILES string of the molecule is CCCCC(COC=O)C(C)C. The molecule has 0 aliphatic rings. The molecule has 0 radical (unpaired) electrons. The van der Waals surface area contributed by atoms with Crippen LogP contribution >= 0.6 is 0 Å². The van der Waals surface area contributed by atoms with Crippen LogP contribution in [0, 0.1) is 11.8 Å². The molecule has 0 amide bonds. The zero-order valence-corrected chi connectivity index (χ0v) is 8.38. The van der Waals surface area contributed by atoms with Gasteiger partial charge in [0.2, 0.25) is 0 Å². The third-order valence-corrected chi connectivity index (χ3v) is 2.25. The second-order valence-corrected chi connectivity index (χ2v) is 3.58. The third-order valence-electron chi connectivity index (χ3n) is 2.25. The first-order chi connectivity index (χ1) is 5.72. The standard InChI is InChI=1S/C10H20O2/c1-4-5-6-10(9(2)3)7-12-8-11/h8-10H,4-7H2,1-3H3. The van der Waals surface area contributed by atoms with Crippen LogP contribution in [0.4, 0.5) is 0 Å². The maximum Gasteiger partial charge on any atom is 0.293 e. The lowest BCUT2D eigenvalue weighted by molar-refractivity contribution is -0.130. The van der Waals surface area contributed by atoms with E-state index in [1.54, 1.807) is 0 Å². The van der Waals surface area contributed by atoms with Crippen molar-refractivity contribution in [3.63, 3.8) is 0 Å². The number of hydrogen-bond donors (Lipinski definition) is 0. The van der Waals surface area contributed by atoms with Crippen LogP contribution in [0.15, 0.2) is 0 Å². The summed E-state index contributed by atoms with van der Waals surface area (Å²) in [5.41, 5.74) is 0. The van der Waals surface area contributed by atoms with E-state index >= 15 is 0 Å². The van der Waals surface area contributed by atoms with Gasteiger partial charge in [0, 0.05) is 0 Å². The van der Waals surface area contributed by atoms with E-state index in [0.717, 1.165) is 0 Å². The lowest BCUT2D eigenvalue weighted by atomic mass is 9.91. The highest BCUT2D eigenvalue weighted by molar-refractivity contribution is 5.36. The van der Waals surface area contributed by atoms with E-state index in [-0.39, 0.29) is 0 Å². The second kappa shape index (κ2) is 7.14. The van der Waals surface area contributed by atoms with Crippen LogP contribution in [-0.4, -0.2) is 13.1 Å². The summed E-state index contributed by atoms with van der Waals surface area (Å²) >= 11 is 0. The molecule has 0 aliphatic carbocycles. The highest BCUT2D eigenvalue weighted by atomic mass is 16.5. The molecule has 72 valence electrons. The Balaban J connectivity index is 3.61. The van der Waals surface area contributed by atoms with Gasteiger partial charge < -0.3 is 4.74 Å². The maximum atomic E-state index is 9.98. The monoisotopic (exact) mass is 172 g/mol. The highest BCUT2D eigenvalue weighted by Crippen LogP contribution is 2.17. The summed E-state index contributed by atoms with van der Waals surface area (Å²) in [6, 6.07) is 0. The molecule has 0 bridgehead atoms. The molecule has 1 unspecified atom stereocenters. The molecule has 0 aromatic carbocycles. The van der Waals surface area contributed by atoms with Crippen LogP contribution in [0.25, 0.3) is 0 Å². The molecule has 12 heavy (non-hydrogen) atoms. The fraction of sp³-hybridized carbons (Fsp3) is 0.900. The second-order valence-electron chi connectivity index (χ2n) is 3.58. The lowest BCUT2D eigenvalue weighted by Crippen LogP contribution is -2.15. The Hall–Kier alpha value is -0.530. The van der Waals surface area contributed by atoms with Crippen LogP contribution in [0.1, 0.15) is 40.0 Å². The Kier molecular flexibility index (Phi) is 6.82. The van der Waals surface area contributed by atoms with Crippen LogP contribution < -0.4 is 0 Å². The maximum absolute atomic E-state index is 9.98. The fourth-order valence-electron chi connectivity index (χ4n) is 1.24. The minimum Gasteiger partial charge on any atom is -0.468 e. The van der Waals surface area contributed by atoms with Gasteiger partial charge in [0.05, 0.1) is 6.61 Å². The van der Waals surface area contributed by atoms with E-state index in [2.05, 4.69) is 20.8 Å². The molecule has 0 saturated carbocycles. The average Bonchev–Trinajstić information content (AvgIpc) is 2.04. The molecule has 0 aromatic rings. The molecule has 0 aromatic heterocycles. The normalized spacial score (nSPS) is 13.0. The number of rotatable bonds is 7. The molecule has 0 N–H and O–H groups in total. The predicted molar refractivity (Wildman–Crippen MR) is 49.9 cm³/mol. The minimum absolute atomic E-state index is 0.537. The van der Waals surface area contributed by atoms with Crippen LogP contribution in [0.5, 0.6) is 0 Å². The molecule has 0 saturated heterocycles. The van der Waals surface area contributed by atoms with Crippen molar-refractivity contribution >= 4 is 6.47 Å². The van der Waals surface area contributed by atoms with Crippen LogP contribution in [-0.2, 0) is 9.53 Å². The Morgan fingerprint density at radius 2 is 2.08 bits per heavy atom. The molecule has 1 atom stereocenters. The smallest absolute Gasteiger partial charge is 0.293 e.